The molecule has 4 heterocycles. The molecule has 0 aliphatic carbocycles. The lowest BCUT2D eigenvalue weighted by Crippen LogP contribution is -2.32. The first kappa shape index (κ1) is 30.9. The van der Waals surface area contributed by atoms with Crippen molar-refractivity contribution in [1.82, 2.24) is 9.55 Å². The first-order valence-electron chi connectivity index (χ1n) is 14.4. The molecular weight excluding hydrogens is 576 g/mol. The van der Waals surface area contributed by atoms with Crippen LogP contribution in [0.1, 0.15) is 49.1 Å². The number of aliphatic hydroxyl groups is 1. The van der Waals surface area contributed by atoms with E-state index in [0.29, 0.717) is 29.2 Å². The zero-order chi connectivity index (χ0) is 30.6. The van der Waals surface area contributed by atoms with E-state index in [1.807, 2.05) is 57.2 Å². The van der Waals surface area contributed by atoms with Crippen LogP contribution >= 0.6 is 13.5 Å². The molecule has 2 aliphatic heterocycles. The lowest BCUT2D eigenvalue weighted by Gasteiger charge is -2.21. The number of anilines is 1. The van der Waals surface area contributed by atoms with Crippen molar-refractivity contribution < 1.29 is 19.4 Å². The molecule has 2 aliphatic rings. The van der Waals surface area contributed by atoms with E-state index in [-0.39, 0.29) is 37.1 Å². The number of rotatable bonds is 3. The molecule has 9 nitrogen and oxygen atoms in total. The lowest BCUT2D eigenvalue weighted by atomic mass is 9.94. The zero-order valence-corrected chi connectivity index (χ0v) is 25.9. The Labute approximate surface area is 261 Å². The highest BCUT2D eigenvalue weighted by molar-refractivity contribution is 7.59. The minimum atomic E-state index is -1.49. The van der Waals surface area contributed by atoms with Gasteiger partial charge < -0.3 is 25.5 Å². The maximum absolute atomic E-state index is 13.4. The van der Waals surface area contributed by atoms with Crippen molar-refractivity contribution in [3.8, 4) is 22.5 Å². The Morgan fingerprint density at radius 2 is 1.73 bits per heavy atom. The van der Waals surface area contributed by atoms with Crippen LogP contribution in [0.5, 0.6) is 0 Å². The van der Waals surface area contributed by atoms with E-state index in [9.17, 15) is 19.5 Å². The first-order chi connectivity index (χ1) is 20.7. The minimum Gasteiger partial charge on any atom is -0.458 e. The van der Waals surface area contributed by atoms with E-state index >= 15 is 0 Å². The van der Waals surface area contributed by atoms with Gasteiger partial charge in [-0.1, -0.05) is 44.2 Å². The van der Waals surface area contributed by atoms with Crippen LogP contribution < -0.4 is 16.6 Å². The van der Waals surface area contributed by atoms with Crippen LogP contribution in [-0.4, -0.2) is 32.6 Å². The van der Waals surface area contributed by atoms with E-state index in [2.05, 4.69) is 23.5 Å². The number of fused-ring (bicyclic) bond motifs is 7. The number of nitrogens with two attached hydrogens (primary N) is 1. The minimum absolute atomic E-state index is 0. The van der Waals surface area contributed by atoms with Crippen molar-refractivity contribution in [3.63, 3.8) is 0 Å². The number of pyridine rings is 2. The highest BCUT2D eigenvalue weighted by Crippen LogP contribution is 2.40. The molecule has 0 spiro atoms. The Morgan fingerprint density at radius 3 is 2.43 bits per heavy atom. The number of hydrogen-bond acceptors (Lipinski definition) is 7. The largest absolute Gasteiger partial charge is 0.458 e. The number of cyclic esters (lactones) is 1. The van der Waals surface area contributed by atoms with Crippen molar-refractivity contribution in [3.05, 3.63) is 93.3 Å². The highest BCUT2D eigenvalue weighted by atomic mass is 32.1. The Morgan fingerprint density at radius 1 is 1.05 bits per heavy atom. The van der Waals surface area contributed by atoms with Gasteiger partial charge in [-0.2, -0.15) is 13.5 Å². The summed E-state index contributed by atoms with van der Waals surface area (Å²) in [6, 6.07) is 19.0. The standard InChI is InChI=1S/C32H26N4O5.C2H6.H2S/c1-15-23-13-36-26(12-22-24(31(36)39)14-41-32(40)29(22)37)28(23)35-25-10-7-18-3-4-19(11-21(18)27(15)25)17-5-8-20(9-6-17)34-30(38)16(2)33;1-2;/h3-12,16,29,37H,13-14,33H2,1-2H3,(H,34,38);1-2H3;1H2. The number of esters is 1. The SMILES string of the molecule is CC.Cc1c2c(nc3ccc4ccc(-c5ccc(NC(=O)C(C)N)cc5)cc4c13)-c1cc3c(c(=O)n1C2)COC(=O)C3O.S. The number of aliphatic hydroxyl groups excluding tert-OH is 1. The van der Waals surface area contributed by atoms with Gasteiger partial charge in [0.2, 0.25) is 5.91 Å². The summed E-state index contributed by atoms with van der Waals surface area (Å²) in [6.45, 7) is 7.88. The third-order valence-corrected chi connectivity index (χ3v) is 8.11. The van der Waals surface area contributed by atoms with E-state index < -0.39 is 18.1 Å². The predicted molar refractivity (Wildman–Crippen MR) is 177 cm³/mol. The summed E-state index contributed by atoms with van der Waals surface area (Å²) in [5.41, 5.74) is 12.7. The van der Waals surface area contributed by atoms with Crippen molar-refractivity contribution in [2.24, 2.45) is 5.73 Å². The molecule has 7 rings (SSSR count). The van der Waals surface area contributed by atoms with E-state index in [1.165, 1.54) is 0 Å². The second-order valence-electron chi connectivity index (χ2n) is 10.7. The van der Waals surface area contributed by atoms with Gasteiger partial charge >= 0.3 is 5.97 Å². The normalized spacial score (nSPS) is 15.2. The molecule has 2 atom stereocenters. The molecule has 44 heavy (non-hydrogen) atoms. The smallest absolute Gasteiger partial charge is 0.340 e. The highest BCUT2D eigenvalue weighted by Gasteiger charge is 2.34. The quantitative estimate of drug-likeness (QED) is 0.188. The molecule has 2 aromatic heterocycles. The van der Waals surface area contributed by atoms with E-state index in [0.717, 1.165) is 43.9 Å². The number of nitrogens with one attached hydrogen (secondary N) is 1. The van der Waals surface area contributed by atoms with Gasteiger partial charge in [0.15, 0.2) is 6.10 Å². The third kappa shape index (κ3) is 4.94. The number of ether oxygens (including phenoxy) is 1. The number of hydrogen-bond donors (Lipinski definition) is 3. The van der Waals surface area contributed by atoms with Crippen molar-refractivity contribution >= 4 is 52.7 Å². The molecule has 4 N–H and O–H groups in total. The summed E-state index contributed by atoms with van der Waals surface area (Å²) in [4.78, 5) is 42.3. The molecular formula is C34H34N4O5S. The Balaban J connectivity index is 0.00000126. The van der Waals surface area contributed by atoms with Gasteiger partial charge in [0.1, 0.15) is 6.61 Å². The average Bonchev–Trinajstić information content (AvgIpc) is 3.39. The topological polar surface area (TPSA) is 137 Å². The molecule has 0 radical (unpaired) electrons. The molecule has 0 saturated heterocycles. The summed E-state index contributed by atoms with van der Waals surface area (Å²) in [5.74, 6) is -0.998. The molecule has 3 aromatic carbocycles. The van der Waals surface area contributed by atoms with E-state index in [4.69, 9.17) is 15.5 Å². The third-order valence-electron chi connectivity index (χ3n) is 8.11. The molecule has 10 heteroatoms. The molecule has 2 unspecified atom stereocenters. The number of nitrogens with zero attached hydrogens (tertiary/aromatic N) is 2. The van der Waals surface area contributed by atoms with Crippen molar-refractivity contribution in [2.45, 2.75) is 53.0 Å². The van der Waals surface area contributed by atoms with Gasteiger partial charge in [-0.05, 0) is 71.6 Å². The maximum atomic E-state index is 13.4. The Bertz CT molecular complexity index is 2020. The Hall–Kier alpha value is -4.51. The van der Waals surface area contributed by atoms with Gasteiger partial charge in [0.25, 0.3) is 5.56 Å². The number of carbonyl (C=O) groups is 2. The molecule has 226 valence electrons. The fraction of sp³-hybridized carbons (Fsp3) is 0.235. The summed E-state index contributed by atoms with van der Waals surface area (Å²) < 4.78 is 6.65. The van der Waals surface area contributed by atoms with Crippen LogP contribution in [0.25, 0.3) is 44.2 Å². The van der Waals surface area contributed by atoms with Crippen molar-refractivity contribution in [2.75, 3.05) is 5.32 Å². The fourth-order valence-corrected chi connectivity index (χ4v) is 5.86. The molecule has 0 fully saturated rings. The van der Waals surface area contributed by atoms with Gasteiger partial charge in [-0.25, -0.2) is 9.78 Å². The number of carbonyl (C=O) groups excluding carboxylic acids is 2. The average molecular weight is 611 g/mol. The molecule has 0 bridgehead atoms. The molecule has 1 amide bonds. The number of amides is 1. The van der Waals surface area contributed by atoms with Crippen LogP contribution in [-0.2, 0) is 27.5 Å². The van der Waals surface area contributed by atoms with Crippen molar-refractivity contribution in [1.29, 1.82) is 0 Å². The monoisotopic (exact) mass is 610 g/mol. The van der Waals surface area contributed by atoms with Gasteiger partial charge in [-0.3, -0.25) is 9.59 Å². The predicted octanol–water partition coefficient (Wildman–Crippen LogP) is 5.07. The van der Waals surface area contributed by atoms with E-state index in [1.54, 1.807) is 17.6 Å². The lowest BCUT2D eigenvalue weighted by molar-refractivity contribution is -0.157. The summed E-state index contributed by atoms with van der Waals surface area (Å²) in [5, 5.41) is 16.3. The number of aromatic nitrogens is 2. The Kier molecular flexibility index (Phi) is 8.35. The summed E-state index contributed by atoms with van der Waals surface area (Å²) in [6.07, 6.45) is -1.49. The van der Waals surface area contributed by atoms with Crippen LogP contribution in [0.3, 0.4) is 0 Å². The summed E-state index contributed by atoms with van der Waals surface area (Å²) >= 11 is 0. The molecule has 5 aromatic rings. The fourth-order valence-electron chi connectivity index (χ4n) is 5.86. The summed E-state index contributed by atoms with van der Waals surface area (Å²) in [7, 11) is 0. The zero-order valence-electron chi connectivity index (χ0n) is 24.9. The van der Waals surface area contributed by atoms with Crippen LogP contribution in [0.4, 0.5) is 5.69 Å². The molecule has 0 saturated carbocycles. The maximum Gasteiger partial charge on any atom is 0.340 e. The first-order valence-corrected chi connectivity index (χ1v) is 14.4. The van der Waals surface area contributed by atoms with Gasteiger partial charge in [0, 0.05) is 22.2 Å². The van der Waals surface area contributed by atoms with Crippen LogP contribution in [0, 0.1) is 6.92 Å². The van der Waals surface area contributed by atoms with Crippen LogP contribution in [0.2, 0.25) is 0 Å². The van der Waals surface area contributed by atoms with Gasteiger partial charge in [-0.15, -0.1) is 0 Å². The second kappa shape index (κ2) is 11.9. The number of benzene rings is 3. The van der Waals surface area contributed by atoms with Crippen LogP contribution in [0.15, 0.2) is 65.5 Å². The second-order valence-corrected chi connectivity index (χ2v) is 10.7. The van der Waals surface area contributed by atoms with Gasteiger partial charge in [0.05, 0.1) is 35.1 Å². The number of aryl methyl sites for hydroxylation is 1.